The molecule has 0 aliphatic heterocycles. The SMILES string of the molecule is COc1ccccc1[C@@H](C)NC(=O)[C@H](C)N(c1ccc(Cl)c(Cl)c1)S(C)(=O)=O. The number of rotatable bonds is 7. The van der Waals surface area contributed by atoms with Gasteiger partial charge in [-0.3, -0.25) is 9.10 Å². The third-order valence-corrected chi connectivity index (χ3v) is 6.19. The molecule has 6 nitrogen and oxygen atoms in total. The Morgan fingerprint density at radius 2 is 1.75 bits per heavy atom. The Bertz CT molecular complexity index is 966. The van der Waals surface area contributed by atoms with Crippen LogP contribution in [0.4, 0.5) is 5.69 Å². The lowest BCUT2D eigenvalue weighted by Crippen LogP contribution is -2.48. The predicted octanol–water partition coefficient (Wildman–Crippen LogP) is 4.03. The summed E-state index contributed by atoms with van der Waals surface area (Å²) in [6.45, 7) is 3.31. The van der Waals surface area contributed by atoms with Gasteiger partial charge in [0.15, 0.2) is 0 Å². The quantitative estimate of drug-likeness (QED) is 0.698. The molecule has 2 aromatic carbocycles. The van der Waals surface area contributed by atoms with Crippen LogP contribution in [-0.2, 0) is 14.8 Å². The Kier molecular flexibility index (Phi) is 7.20. The van der Waals surface area contributed by atoms with Crippen LogP contribution < -0.4 is 14.4 Å². The lowest BCUT2D eigenvalue weighted by molar-refractivity contribution is -0.122. The predicted molar refractivity (Wildman–Crippen MR) is 113 cm³/mol. The molecule has 0 aliphatic rings. The van der Waals surface area contributed by atoms with E-state index in [1.54, 1.807) is 20.1 Å². The first kappa shape index (κ1) is 22.3. The second-order valence-corrected chi connectivity index (χ2v) is 8.98. The van der Waals surface area contributed by atoms with E-state index in [9.17, 15) is 13.2 Å². The average Bonchev–Trinajstić information content (AvgIpc) is 2.63. The van der Waals surface area contributed by atoms with Gasteiger partial charge in [0.25, 0.3) is 0 Å². The summed E-state index contributed by atoms with van der Waals surface area (Å²) in [5, 5.41) is 3.32. The van der Waals surface area contributed by atoms with Crippen molar-refractivity contribution in [3.63, 3.8) is 0 Å². The number of carbonyl (C=O) groups excluding carboxylic acids is 1. The van der Waals surface area contributed by atoms with Crippen molar-refractivity contribution in [1.82, 2.24) is 5.32 Å². The van der Waals surface area contributed by atoms with Crippen LogP contribution >= 0.6 is 23.2 Å². The van der Waals surface area contributed by atoms with Crippen molar-refractivity contribution in [3.8, 4) is 5.75 Å². The van der Waals surface area contributed by atoms with Crippen LogP contribution in [0, 0.1) is 0 Å². The van der Waals surface area contributed by atoms with Gasteiger partial charge in [-0.15, -0.1) is 0 Å². The van der Waals surface area contributed by atoms with Crippen LogP contribution in [0.15, 0.2) is 42.5 Å². The molecular weight excluding hydrogens is 423 g/mol. The van der Waals surface area contributed by atoms with Crippen LogP contribution in [0.5, 0.6) is 5.75 Å². The molecule has 1 N–H and O–H groups in total. The van der Waals surface area contributed by atoms with E-state index in [-0.39, 0.29) is 16.8 Å². The number of sulfonamides is 1. The number of anilines is 1. The highest BCUT2D eigenvalue weighted by atomic mass is 35.5. The summed E-state index contributed by atoms with van der Waals surface area (Å²) < 4.78 is 31.1. The number of carbonyl (C=O) groups is 1. The lowest BCUT2D eigenvalue weighted by Gasteiger charge is -2.29. The summed E-state index contributed by atoms with van der Waals surface area (Å²) >= 11 is 11.9. The number of amides is 1. The minimum Gasteiger partial charge on any atom is -0.496 e. The molecule has 0 aliphatic carbocycles. The number of para-hydroxylation sites is 1. The molecule has 28 heavy (non-hydrogen) atoms. The molecule has 152 valence electrons. The summed E-state index contributed by atoms with van der Waals surface area (Å²) in [5.74, 6) is 0.169. The second-order valence-electron chi connectivity index (χ2n) is 6.31. The van der Waals surface area contributed by atoms with E-state index < -0.39 is 22.0 Å². The third kappa shape index (κ3) is 5.10. The topological polar surface area (TPSA) is 75.7 Å². The number of benzene rings is 2. The molecule has 2 rings (SSSR count). The number of hydrogen-bond acceptors (Lipinski definition) is 4. The van der Waals surface area contributed by atoms with Crippen molar-refractivity contribution in [2.45, 2.75) is 25.9 Å². The monoisotopic (exact) mass is 444 g/mol. The summed E-state index contributed by atoms with van der Waals surface area (Å²) in [4.78, 5) is 12.8. The van der Waals surface area contributed by atoms with Crippen LogP contribution in [0.25, 0.3) is 0 Å². The Morgan fingerprint density at radius 3 is 2.32 bits per heavy atom. The van der Waals surface area contributed by atoms with Gasteiger partial charge in [-0.2, -0.15) is 0 Å². The average molecular weight is 445 g/mol. The standard InChI is InChI=1S/C19H22Cl2N2O4S/c1-12(15-7-5-6-8-18(15)27-3)22-19(24)13(2)23(28(4,25)26)14-9-10-16(20)17(21)11-14/h5-13H,1-4H3,(H,22,24)/t12-,13+/m1/s1. The van der Waals surface area contributed by atoms with E-state index in [1.165, 1.54) is 25.1 Å². The van der Waals surface area contributed by atoms with Crippen molar-refractivity contribution in [3.05, 3.63) is 58.1 Å². The maximum absolute atomic E-state index is 12.8. The van der Waals surface area contributed by atoms with Crippen LogP contribution in [0.2, 0.25) is 10.0 Å². The van der Waals surface area contributed by atoms with Crippen molar-refractivity contribution >= 4 is 44.8 Å². The number of nitrogens with one attached hydrogen (secondary N) is 1. The van der Waals surface area contributed by atoms with Crippen molar-refractivity contribution in [1.29, 1.82) is 0 Å². The van der Waals surface area contributed by atoms with Crippen LogP contribution in [0.1, 0.15) is 25.5 Å². The zero-order valence-electron chi connectivity index (χ0n) is 15.9. The van der Waals surface area contributed by atoms with Crippen molar-refractivity contribution in [2.24, 2.45) is 0 Å². The molecule has 9 heteroatoms. The number of hydrogen-bond donors (Lipinski definition) is 1. The van der Waals surface area contributed by atoms with Gasteiger partial charge in [0, 0.05) is 5.56 Å². The summed E-state index contributed by atoms with van der Waals surface area (Å²) in [7, 11) is -2.21. The van der Waals surface area contributed by atoms with E-state index in [0.717, 1.165) is 16.1 Å². The lowest BCUT2D eigenvalue weighted by atomic mass is 10.1. The van der Waals surface area contributed by atoms with Gasteiger partial charge in [0.1, 0.15) is 11.8 Å². The fraction of sp³-hybridized carbons (Fsp3) is 0.316. The molecule has 0 saturated heterocycles. The van der Waals surface area contributed by atoms with Gasteiger partial charge in [-0.05, 0) is 38.1 Å². The van der Waals surface area contributed by atoms with Crippen molar-refractivity contribution in [2.75, 3.05) is 17.7 Å². The van der Waals surface area contributed by atoms with Gasteiger partial charge in [0.05, 0.1) is 35.1 Å². The summed E-state index contributed by atoms with van der Waals surface area (Å²) in [6, 6.07) is 10.3. The van der Waals surface area contributed by atoms with Gasteiger partial charge < -0.3 is 10.1 Å². The minimum atomic E-state index is -3.76. The smallest absolute Gasteiger partial charge is 0.244 e. The van der Waals surface area contributed by atoms with Crippen LogP contribution in [-0.4, -0.2) is 33.7 Å². The zero-order chi connectivity index (χ0) is 21.1. The molecule has 0 heterocycles. The van der Waals surface area contributed by atoms with E-state index >= 15 is 0 Å². The Hall–Kier alpha value is -1.96. The molecule has 0 aromatic heterocycles. The minimum absolute atomic E-state index is 0.197. The molecule has 0 saturated carbocycles. The number of nitrogens with zero attached hydrogens (tertiary/aromatic N) is 1. The third-order valence-electron chi connectivity index (χ3n) is 4.21. The highest BCUT2D eigenvalue weighted by Crippen LogP contribution is 2.30. The molecular formula is C19H22Cl2N2O4S. The molecule has 0 unspecified atom stereocenters. The second kappa shape index (κ2) is 9.03. The molecule has 0 spiro atoms. The largest absolute Gasteiger partial charge is 0.496 e. The van der Waals surface area contributed by atoms with Gasteiger partial charge >= 0.3 is 0 Å². The first-order chi connectivity index (χ1) is 13.1. The first-order valence-electron chi connectivity index (χ1n) is 8.44. The molecule has 0 radical (unpaired) electrons. The Balaban J connectivity index is 2.30. The highest BCUT2D eigenvalue weighted by molar-refractivity contribution is 7.92. The van der Waals surface area contributed by atoms with Crippen LogP contribution in [0.3, 0.4) is 0 Å². The maximum Gasteiger partial charge on any atom is 0.244 e. The molecule has 0 bridgehead atoms. The van der Waals surface area contributed by atoms with Gasteiger partial charge in [-0.25, -0.2) is 8.42 Å². The highest BCUT2D eigenvalue weighted by Gasteiger charge is 2.30. The normalized spacial score (nSPS) is 13.5. The number of methoxy groups -OCH3 is 1. The number of ether oxygens (including phenoxy) is 1. The van der Waals surface area contributed by atoms with Gasteiger partial charge in [0.2, 0.25) is 15.9 Å². The van der Waals surface area contributed by atoms with E-state index in [0.29, 0.717) is 10.8 Å². The Morgan fingerprint density at radius 1 is 1.11 bits per heavy atom. The van der Waals surface area contributed by atoms with E-state index in [2.05, 4.69) is 5.32 Å². The maximum atomic E-state index is 12.8. The molecule has 2 atom stereocenters. The van der Waals surface area contributed by atoms with Crippen molar-refractivity contribution < 1.29 is 17.9 Å². The zero-order valence-corrected chi connectivity index (χ0v) is 18.3. The molecule has 0 fully saturated rings. The fourth-order valence-electron chi connectivity index (χ4n) is 2.87. The fourth-order valence-corrected chi connectivity index (χ4v) is 4.33. The first-order valence-corrected chi connectivity index (χ1v) is 11.0. The molecule has 2 aromatic rings. The van der Waals surface area contributed by atoms with E-state index in [1.807, 2.05) is 18.2 Å². The summed E-state index contributed by atoms with van der Waals surface area (Å²) in [6.07, 6.45) is 1.03. The molecule has 1 amide bonds. The van der Waals surface area contributed by atoms with Gasteiger partial charge in [-0.1, -0.05) is 41.4 Å². The van der Waals surface area contributed by atoms with E-state index in [4.69, 9.17) is 27.9 Å². The summed E-state index contributed by atoms with van der Waals surface area (Å²) in [5.41, 5.74) is 1.04. The Labute approximate surface area is 175 Å². The number of halogens is 2.